The van der Waals surface area contributed by atoms with E-state index in [1.807, 2.05) is 13.8 Å². The molecule has 1 rings (SSSR count). The molecule has 0 aliphatic heterocycles. The summed E-state index contributed by atoms with van der Waals surface area (Å²) < 4.78 is 5.57. The summed E-state index contributed by atoms with van der Waals surface area (Å²) in [6.45, 7) is 8.43. The minimum Gasteiger partial charge on any atom is -0.380 e. The van der Waals surface area contributed by atoms with E-state index in [-0.39, 0.29) is 11.5 Å². The first kappa shape index (κ1) is 14.5. The van der Waals surface area contributed by atoms with Crippen LogP contribution in [0.2, 0.25) is 0 Å². The molecule has 0 aromatic carbocycles. The molecule has 15 heavy (non-hydrogen) atoms. The van der Waals surface area contributed by atoms with E-state index >= 15 is 0 Å². The maximum absolute atomic E-state index is 5.57. The molecule has 1 aliphatic rings. The Labute approximate surface area is 95.6 Å². The third-order valence-corrected chi connectivity index (χ3v) is 3.35. The van der Waals surface area contributed by atoms with E-state index in [2.05, 4.69) is 19.8 Å². The number of methoxy groups -OCH3 is 1. The molecule has 1 atom stereocenters. The van der Waals surface area contributed by atoms with E-state index in [9.17, 15) is 0 Å². The van der Waals surface area contributed by atoms with Gasteiger partial charge in [-0.3, -0.25) is 0 Å². The first-order valence-electron chi connectivity index (χ1n) is 6.24. The topological polar surface area (TPSA) is 9.23 Å². The van der Waals surface area contributed by atoms with Crippen LogP contribution in [0, 0.1) is 23.7 Å². The van der Waals surface area contributed by atoms with Crippen molar-refractivity contribution in [2.24, 2.45) is 11.3 Å². The van der Waals surface area contributed by atoms with Gasteiger partial charge in [0.1, 0.15) is 0 Å². The average Bonchev–Trinajstić information content (AvgIpc) is 3.09. The molecule has 1 nitrogen and oxygen atoms in total. The Kier molecular flexibility index (Phi) is 6.68. The van der Waals surface area contributed by atoms with Crippen LogP contribution in [0.15, 0.2) is 0 Å². The summed E-state index contributed by atoms with van der Waals surface area (Å²) in [7, 11) is 1.79. The summed E-state index contributed by atoms with van der Waals surface area (Å²) in [4.78, 5) is 0. The summed E-state index contributed by atoms with van der Waals surface area (Å²) in [5.74, 6) is 3.56. The maximum atomic E-state index is 5.57. The summed E-state index contributed by atoms with van der Waals surface area (Å²) in [6, 6.07) is 0. The van der Waals surface area contributed by atoms with Crippen molar-refractivity contribution in [2.75, 3.05) is 7.11 Å². The first-order valence-corrected chi connectivity index (χ1v) is 6.24. The third kappa shape index (κ3) is 3.24. The van der Waals surface area contributed by atoms with Crippen molar-refractivity contribution >= 4 is 0 Å². The fourth-order valence-corrected chi connectivity index (χ4v) is 2.23. The second-order valence-electron chi connectivity index (χ2n) is 4.03. The van der Waals surface area contributed by atoms with E-state index in [0.29, 0.717) is 5.92 Å². The van der Waals surface area contributed by atoms with Crippen LogP contribution >= 0.6 is 0 Å². The number of hydrogen-bond donors (Lipinski definition) is 0. The van der Waals surface area contributed by atoms with Gasteiger partial charge in [-0.2, -0.15) is 0 Å². The second kappa shape index (κ2) is 6.90. The van der Waals surface area contributed by atoms with E-state index in [4.69, 9.17) is 11.2 Å². The van der Waals surface area contributed by atoms with E-state index in [1.165, 1.54) is 12.8 Å². The fourth-order valence-electron chi connectivity index (χ4n) is 2.23. The lowest BCUT2D eigenvalue weighted by Crippen LogP contribution is -2.31. The molecule has 0 bridgehead atoms. The Morgan fingerprint density at radius 3 is 1.93 bits per heavy atom. The number of ether oxygens (including phenoxy) is 1. The Morgan fingerprint density at radius 1 is 1.27 bits per heavy atom. The van der Waals surface area contributed by atoms with Gasteiger partial charge in [-0.1, -0.05) is 46.5 Å². The lowest BCUT2D eigenvalue weighted by atomic mass is 9.85. The lowest BCUT2D eigenvalue weighted by Gasteiger charge is -2.28. The minimum atomic E-state index is 0.0887. The van der Waals surface area contributed by atoms with Crippen molar-refractivity contribution < 1.29 is 4.74 Å². The van der Waals surface area contributed by atoms with Gasteiger partial charge in [0, 0.05) is 7.11 Å². The average molecular weight is 210 g/mol. The molecule has 88 valence electrons. The van der Waals surface area contributed by atoms with Gasteiger partial charge in [0.25, 0.3) is 0 Å². The Morgan fingerprint density at radius 2 is 1.73 bits per heavy atom. The highest BCUT2D eigenvalue weighted by Gasteiger charge is 2.50. The zero-order valence-corrected chi connectivity index (χ0v) is 11.0. The van der Waals surface area contributed by atoms with Crippen molar-refractivity contribution in [3.05, 3.63) is 0 Å². The van der Waals surface area contributed by atoms with Crippen molar-refractivity contribution in [2.45, 2.75) is 59.5 Å². The van der Waals surface area contributed by atoms with Gasteiger partial charge in [0.15, 0.2) is 0 Å². The van der Waals surface area contributed by atoms with E-state index < -0.39 is 0 Å². The fraction of sp³-hybridized carbons (Fsp3) is 0.857. The monoisotopic (exact) mass is 210 g/mol. The summed E-state index contributed by atoms with van der Waals surface area (Å²) >= 11 is 0. The van der Waals surface area contributed by atoms with Gasteiger partial charge in [0.2, 0.25) is 0 Å². The summed E-state index contributed by atoms with van der Waals surface area (Å²) in [5.41, 5.74) is 0.0887. The number of hydrogen-bond acceptors (Lipinski definition) is 1. The SMILES string of the molecule is C#CC1(C(OC)C(CC)CC)CC1.CC. The van der Waals surface area contributed by atoms with Gasteiger partial charge in [-0.25, -0.2) is 0 Å². The molecular formula is C14H26O. The Bertz CT molecular complexity index is 194. The molecule has 0 radical (unpaired) electrons. The van der Waals surface area contributed by atoms with Crippen LogP contribution in [0.5, 0.6) is 0 Å². The second-order valence-corrected chi connectivity index (χ2v) is 4.03. The molecule has 1 fully saturated rings. The predicted molar refractivity (Wildman–Crippen MR) is 66.7 cm³/mol. The van der Waals surface area contributed by atoms with Crippen LogP contribution in [-0.4, -0.2) is 13.2 Å². The number of terminal acetylenes is 1. The Hall–Kier alpha value is -0.480. The zero-order chi connectivity index (χ0) is 11.9. The molecule has 0 N–H and O–H groups in total. The van der Waals surface area contributed by atoms with Crippen LogP contribution < -0.4 is 0 Å². The molecule has 0 spiro atoms. The van der Waals surface area contributed by atoms with Crippen LogP contribution in [-0.2, 0) is 4.74 Å². The minimum absolute atomic E-state index is 0.0887. The van der Waals surface area contributed by atoms with Crippen LogP contribution in [0.1, 0.15) is 53.4 Å². The largest absolute Gasteiger partial charge is 0.380 e. The van der Waals surface area contributed by atoms with Crippen molar-refractivity contribution in [3.63, 3.8) is 0 Å². The first-order chi connectivity index (χ1) is 7.24. The van der Waals surface area contributed by atoms with Gasteiger partial charge in [0.05, 0.1) is 11.5 Å². The molecular weight excluding hydrogens is 184 g/mol. The molecule has 1 heteroatoms. The van der Waals surface area contributed by atoms with Crippen LogP contribution in [0.25, 0.3) is 0 Å². The smallest absolute Gasteiger partial charge is 0.0764 e. The van der Waals surface area contributed by atoms with Gasteiger partial charge >= 0.3 is 0 Å². The molecule has 0 heterocycles. The zero-order valence-electron chi connectivity index (χ0n) is 11.0. The molecule has 0 amide bonds. The standard InChI is InChI=1S/C12H20O.C2H6/c1-5-10(6-2)11(13-4)12(7-3)8-9-12;1-2/h3,10-11H,5-6,8-9H2,1-2,4H3;1-2H3. The van der Waals surface area contributed by atoms with Crippen molar-refractivity contribution in [1.82, 2.24) is 0 Å². The maximum Gasteiger partial charge on any atom is 0.0764 e. The molecule has 1 aliphatic carbocycles. The highest BCUT2D eigenvalue weighted by molar-refractivity contribution is 5.19. The molecule has 0 saturated heterocycles. The highest BCUT2D eigenvalue weighted by atomic mass is 16.5. The third-order valence-electron chi connectivity index (χ3n) is 3.35. The molecule has 1 unspecified atom stereocenters. The van der Waals surface area contributed by atoms with Gasteiger partial charge in [-0.05, 0) is 18.8 Å². The summed E-state index contributed by atoms with van der Waals surface area (Å²) in [5, 5.41) is 0. The normalized spacial score (nSPS) is 18.7. The summed E-state index contributed by atoms with van der Waals surface area (Å²) in [6.07, 6.45) is 10.5. The van der Waals surface area contributed by atoms with Gasteiger partial charge < -0.3 is 4.74 Å². The van der Waals surface area contributed by atoms with Crippen LogP contribution in [0.3, 0.4) is 0 Å². The molecule has 0 aromatic rings. The van der Waals surface area contributed by atoms with E-state index in [0.717, 1.165) is 12.8 Å². The molecule has 1 saturated carbocycles. The van der Waals surface area contributed by atoms with E-state index in [1.54, 1.807) is 7.11 Å². The van der Waals surface area contributed by atoms with Gasteiger partial charge in [-0.15, -0.1) is 6.42 Å². The van der Waals surface area contributed by atoms with Crippen LogP contribution in [0.4, 0.5) is 0 Å². The Balaban J connectivity index is 0.000000921. The lowest BCUT2D eigenvalue weighted by molar-refractivity contribution is 0.0113. The van der Waals surface area contributed by atoms with Crippen molar-refractivity contribution in [3.8, 4) is 12.3 Å². The molecule has 0 aromatic heterocycles. The highest BCUT2D eigenvalue weighted by Crippen LogP contribution is 2.52. The van der Waals surface area contributed by atoms with Crippen molar-refractivity contribution in [1.29, 1.82) is 0 Å². The number of rotatable bonds is 5. The predicted octanol–water partition coefficient (Wildman–Crippen LogP) is 3.88. The quantitative estimate of drug-likeness (QED) is 0.626.